The van der Waals surface area contributed by atoms with Gasteiger partial charge in [-0.05, 0) is 130 Å². The molecule has 0 bridgehead atoms. The molecule has 2 aliphatic rings. The van der Waals surface area contributed by atoms with Crippen molar-refractivity contribution in [1.29, 1.82) is 0 Å². The number of likely N-dealkylation sites (tertiary alicyclic amines) is 1. The summed E-state index contributed by atoms with van der Waals surface area (Å²) in [7, 11) is 0. The summed E-state index contributed by atoms with van der Waals surface area (Å²) in [6.45, 7) is 32.2. The average Bonchev–Trinajstić information content (AvgIpc) is 1.77. The molecule has 2 saturated heterocycles. The van der Waals surface area contributed by atoms with Crippen LogP contribution >= 0.6 is 0 Å². The van der Waals surface area contributed by atoms with Crippen LogP contribution < -0.4 is 69.1 Å². The summed E-state index contributed by atoms with van der Waals surface area (Å²) in [4.78, 5) is 204. The maximum Gasteiger partial charge on any atom is 0.329 e. The lowest BCUT2D eigenvalue weighted by Gasteiger charge is -2.34. The van der Waals surface area contributed by atoms with Crippen molar-refractivity contribution < 1.29 is 81.4 Å². The average molecular weight is 1590 g/mol. The van der Waals surface area contributed by atoms with E-state index >= 15 is 14.4 Å². The molecule has 0 spiro atoms. The van der Waals surface area contributed by atoms with E-state index in [1.54, 1.807) is 139 Å². The maximum atomic E-state index is 15.3. The number of hydrogen-bond acceptors (Lipinski definition) is 17. The number of carbonyl (C=O) groups is 14. The van der Waals surface area contributed by atoms with Crippen LogP contribution in [0.2, 0.25) is 0 Å². The number of halogens is 1. The fourth-order valence-electron chi connectivity index (χ4n) is 13.1. The van der Waals surface area contributed by atoms with E-state index in [-0.39, 0.29) is 63.2 Å². The van der Waals surface area contributed by atoms with E-state index in [4.69, 9.17) is 4.74 Å². The highest BCUT2D eigenvalue weighted by atomic mass is 19.1. The van der Waals surface area contributed by atoms with Gasteiger partial charge in [0.25, 0.3) is 5.91 Å². The molecule has 0 aromatic heterocycles. The van der Waals surface area contributed by atoms with E-state index in [2.05, 4.69) is 69.1 Å². The van der Waals surface area contributed by atoms with Gasteiger partial charge in [0, 0.05) is 25.9 Å². The second kappa shape index (κ2) is 46.7. The minimum atomic E-state index is -1.85. The van der Waals surface area contributed by atoms with Crippen LogP contribution in [0.5, 0.6) is 0 Å². The molecule has 30 nitrogen and oxygen atoms in total. The Morgan fingerprint density at radius 1 is 0.593 bits per heavy atom. The van der Waals surface area contributed by atoms with Crippen LogP contribution in [-0.2, 0) is 84.8 Å². The monoisotopic (exact) mass is 1580 g/mol. The molecular formula is C82H129FN14O16. The van der Waals surface area contributed by atoms with Gasteiger partial charge in [-0.25, -0.2) is 9.18 Å². The Labute approximate surface area is 666 Å². The third-order valence-corrected chi connectivity index (χ3v) is 20.7. The molecule has 4 rings (SSSR count). The van der Waals surface area contributed by atoms with E-state index in [1.165, 1.54) is 43.9 Å². The minimum absolute atomic E-state index is 0.0449. The lowest BCUT2D eigenvalue weighted by molar-refractivity contribution is -0.157. The summed E-state index contributed by atoms with van der Waals surface area (Å²) < 4.78 is 19.9. The van der Waals surface area contributed by atoms with Crippen LogP contribution in [-0.4, -0.2) is 191 Å². The van der Waals surface area contributed by atoms with Crippen LogP contribution in [0.4, 0.5) is 4.39 Å². The van der Waals surface area contributed by atoms with E-state index in [1.807, 2.05) is 13.8 Å². The number of cyclic esters (lactones) is 1. The second-order valence-corrected chi connectivity index (χ2v) is 32.2. The van der Waals surface area contributed by atoms with Gasteiger partial charge < -0.3 is 83.9 Å². The Bertz CT molecular complexity index is 3580. The first-order chi connectivity index (χ1) is 53.2. The van der Waals surface area contributed by atoms with Gasteiger partial charge in [-0.1, -0.05) is 179 Å². The molecule has 0 unspecified atom stereocenters. The van der Waals surface area contributed by atoms with E-state index in [0.29, 0.717) is 37.3 Å². The summed E-state index contributed by atoms with van der Waals surface area (Å²) in [6.07, 6.45) is 0.875. The molecule has 0 radical (unpaired) electrons. The largest absolute Gasteiger partial charge is 0.458 e. The molecule has 16 atom stereocenters. The zero-order valence-corrected chi connectivity index (χ0v) is 69.6. The number of hydrogen-bond donors (Lipinski definition) is 14. The summed E-state index contributed by atoms with van der Waals surface area (Å²) in [6, 6.07) is -2.15. The van der Waals surface area contributed by atoms with Crippen LogP contribution in [0, 0.1) is 53.2 Å². The Kier molecular flexibility index (Phi) is 39.7. The molecule has 31 heteroatoms. The Hall–Kier alpha value is -9.39. The highest BCUT2D eigenvalue weighted by molar-refractivity contribution is 6.03. The van der Waals surface area contributed by atoms with Gasteiger partial charge in [0.05, 0.1) is 6.10 Å². The van der Waals surface area contributed by atoms with E-state index in [0.717, 1.165) is 12.0 Å². The molecule has 0 aliphatic carbocycles. The molecule has 2 fully saturated rings. The van der Waals surface area contributed by atoms with Crippen LogP contribution in [0.1, 0.15) is 200 Å². The highest BCUT2D eigenvalue weighted by Crippen LogP contribution is 2.24. The normalized spacial score (nSPS) is 21.8. The first-order valence-electron chi connectivity index (χ1n) is 40.1. The minimum Gasteiger partial charge on any atom is -0.458 e. The summed E-state index contributed by atoms with van der Waals surface area (Å²) in [5.41, 5.74) is 1.11. The summed E-state index contributed by atoms with van der Waals surface area (Å²) >= 11 is 0. The number of aliphatic hydroxyl groups excluding tert-OH is 1. The molecule has 113 heavy (non-hydrogen) atoms. The van der Waals surface area contributed by atoms with Crippen molar-refractivity contribution in [1.82, 2.24) is 74.0 Å². The number of esters is 1. The number of rotatable bonds is 36. The fraction of sp³-hybridized carbons (Fsp3) is 0.659. The third kappa shape index (κ3) is 29.8. The number of ether oxygens (including phenoxy) is 1. The second-order valence-electron chi connectivity index (χ2n) is 32.2. The Balaban J connectivity index is 1.71. The van der Waals surface area contributed by atoms with Gasteiger partial charge >= 0.3 is 5.97 Å². The number of nitrogens with one attached hydrogen (secondary N) is 13. The lowest BCUT2D eigenvalue weighted by Crippen LogP contribution is -2.64. The van der Waals surface area contributed by atoms with Crippen molar-refractivity contribution in [3.63, 3.8) is 0 Å². The Morgan fingerprint density at radius 2 is 1.15 bits per heavy atom. The fourth-order valence-corrected chi connectivity index (χ4v) is 13.1. The molecule has 2 heterocycles. The Morgan fingerprint density at radius 3 is 1.71 bits per heavy atom. The van der Waals surface area contributed by atoms with Gasteiger partial charge in [-0.2, -0.15) is 0 Å². The highest BCUT2D eigenvalue weighted by Gasteiger charge is 2.45. The topological polar surface area (TPSA) is 428 Å². The number of benzene rings is 2. The lowest BCUT2D eigenvalue weighted by atomic mass is 9.95. The molecule has 2 aromatic carbocycles. The van der Waals surface area contributed by atoms with Crippen molar-refractivity contribution in [2.45, 2.75) is 287 Å². The predicted molar refractivity (Wildman–Crippen MR) is 424 cm³/mol. The number of carbonyl (C=O) groups excluding carboxylic acids is 14. The maximum absolute atomic E-state index is 15.3. The summed E-state index contributed by atoms with van der Waals surface area (Å²) in [5, 5.41) is 46.7. The molecule has 13 amide bonds. The number of allylic oxidation sites excluding steroid dienone is 1. The molecule has 630 valence electrons. The standard InChI is InChI=1S/C82H129FN14O16/c1-20-49(16)66(78(108)96-69-52(19)113-82(112)65(48(14)15)92-70(100)56(22-3)85-72(102)58(41-53-30-24-23-25-31-53)87-74(104)62(45(8)9)89-77(107)67(50(17)21-2)94-80(69)110)93-71(101)57(32-27-39-84-42-54-35-37-55(83)38-36-54)86-73(103)59-33-28-40-97(59)81(111)64(47(12)13)91-76(106)63(46(10)11)90-79(109)68(51(18)98)95-75(105)61(44(6)7)88-60(99)34-26-29-43(4)5/h22-25,30-31,35-38,43-52,57-59,61-69,84,98H,20-21,26-29,32-34,39-42H2,1-19H3,(H,85,102)(H,86,103)(H,87,104)(H,88,99)(H,89,107)(H,90,109)(H,91,106)(H,92,100)(H,93,101)(H,94,110)(H,95,105)(H,96,108)/b56-22-/t49-,50+,51-,52+,57+,58-,59-,61-,62+,63+,64-,65+,66+,67-,68-,69-/m1/s1. The first kappa shape index (κ1) is 96.0. The predicted octanol–water partition coefficient (Wildman–Crippen LogP) is 3.81. The van der Waals surface area contributed by atoms with Crippen LogP contribution in [0.3, 0.4) is 0 Å². The van der Waals surface area contributed by atoms with Crippen LogP contribution in [0.25, 0.3) is 0 Å². The first-order valence-corrected chi connectivity index (χ1v) is 40.1. The van der Waals surface area contributed by atoms with Crippen molar-refractivity contribution in [2.75, 3.05) is 13.1 Å². The third-order valence-electron chi connectivity index (χ3n) is 20.7. The van der Waals surface area contributed by atoms with Crippen molar-refractivity contribution >= 4 is 82.8 Å². The SMILES string of the molecule is C/C=C1\NC(=O)[C@@H](Cc2ccccc2)NC(=O)[C@H](C(C)C)NC(=O)[C@@H]([C@@H](C)CC)NC(=O)[C@H](NC(=O)[C@@H](NC(=O)[C@H](CCCNCc2ccc(F)cc2)NC(=O)[C@H]2CCCN2C(=O)[C@H](NC(=O)[C@@H](NC(=O)[C@H](NC(=O)[C@H](NC(=O)CCCC(C)C)C(C)C)[C@@H](C)O)C(C)C)C(C)C)[C@H](C)CC)[C@H](C)OC(=O)[C@H](C(C)C)NC1=O. The van der Waals surface area contributed by atoms with Gasteiger partial charge in [0.2, 0.25) is 70.9 Å². The van der Waals surface area contributed by atoms with Gasteiger partial charge in [0.15, 0.2) is 0 Å². The molecule has 2 aromatic rings. The summed E-state index contributed by atoms with van der Waals surface area (Å²) in [5.74, 6) is -15.8. The zero-order chi connectivity index (χ0) is 84.8. The van der Waals surface area contributed by atoms with Crippen molar-refractivity contribution in [3.05, 3.63) is 83.3 Å². The molecule has 0 saturated carbocycles. The zero-order valence-electron chi connectivity index (χ0n) is 69.6. The van der Waals surface area contributed by atoms with Gasteiger partial charge in [-0.15, -0.1) is 0 Å². The molecule has 2 aliphatic heterocycles. The van der Waals surface area contributed by atoms with Crippen LogP contribution in [0.15, 0.2) is 66.4 Å². The van der Waals surface area contributed by atoms with E-state index in [9.17, 15) is 62.2 Å². The van der Waals surface area contributed by atoms with Crippen molar-refractivity contribution in [3.8, 4) is 0 Å². The van der Waals surface area contributed by atoms with E-state index < -0.39 is 209 Å². The van der Waals surface area contributed by atoms with Gasteiger partial charge in [0.1, 0.15) is 90.1 Å². The smallest absolute Gasteiger partial charge is 0.329 e. The number of aliphatic hydroxyl groups is 1. The number of amides is 13. The number of nitrogens with zero attached hydrogens (tertiary/aromatic N) is 1. The van der Waals surface area contributed by atoms with Gasteiger partial charge in [-0.3, -0.25) is 62.3 Å². The quantitative estimate of drug-likeness (QED) is 0.0262. The molecular weight excluding hydrogens is 1460 g/mol. The molecule has 14 N–H and O–H groups in total. The van der Waals surface area contributed by atoms with Crippen molar-refractivity contribution in [2.24, 2.45) is 47.3 Å².